The monoisotopic (exact) mass is 903 g/mol. The standard InChI is InChI=1S/2C14H16.C13H15N.C11H14N2.C10H13N3/c2*1-14(2,3)13-9-8-11-6-4-5-7-12(11)10-13;1-13(2,3)12-8-10-6-4-5-7-11(10)9-14-12;1-7(2)9-5-4-6-10-11(9)13-8(3)12-10;1-6(2)7-4-3-5-8-9(7)12-13-10(8)11/h2*4-10H,1-3H3;4-9H,1-3H3;4-7H,1-3H3,(H,12,13);3-6H,1-2H3,(H3,11,12,13). The lowest BCUT2D eigenvalue weighted by Crippen LogP contribution is -2.12. The molecule has 0 radical (unpaired) electrons. The molecule has 10 aromatic rings. The molecule has 0 saturated carbocycles. The summed E-state index contributed by atoms with van der Waals surface area (Å²) in [6.07, 6.45) is 1.95. The second kappa shape index (κ2) is 21.4. The van der Waals surface area contributed by atoms with E-state index < -0.39 is 0 Å². The van der Waals surface area contributed by atoms with E-state index in [4.69, 9.17) is 5.73 Å². The van der Waals surface area contributed by atoms with Crippen LogP contribution in [0.2, 0.25) is 0 Å². The van der Waals surface area contributed by atoms with Gasteiger partial charge in [0, 0.05) is 28.1 Å². The molecule has 0 saturated heterocycles. The third-order valence-electron chi connectivity index (χ3n) is 12.2. The molecule has 6 heteroatoms. The molecule has 0 aliphatic rings. The molecule has 3 aromatic heterocycles. The van der Waals surface area contributed by atoms with E-state index in [-0.39, 0.29) is 16.2 Å². The Balaban J connectivity index is 0.000000140. The fourth-order valence-electron chi connectivity index (χ4n) is 8.01. The molecule has 0 spiro atoms. The van der Waals surface area contributed by atoms with E-state index in [0.29, 0.717) is 17.7 Å². The van der Waals surface area contributed by atoms with Crippen molar-refractivity contribution in [2.24, 2.45) is 0 Å². The van der Waals surface area contributed by atoms with Crippen LogP contribution in [0.4, 0.5) is 5.82 Å². The molecule has 0 fully saturated rings. The average molecular weight is 903 g/mol. The van der Waals surface area contributed by atoms with Gasteiger partial charge in [0.2, 0.25) is 0 Å². The third-order valence-corrected chi connectivity index (χ3v) is 12.2. The Kier molecular flexibility index (Phi) is 16.0. The second-order valence-electron chi connectivity index (χ2n) is 21.5. The molecule has 7 aromatic carbocycles. The zero-order chi connectivity index (χ0) is 49.4. The van der Waals surface area contributed by atoms with E-state index >= 15 is 0 Å². The molecule has 3 heterocycles. The summed E-state index contributed by atoms with van der Waals surface area (Å²) in [6, 6.07) is 53.3. The van der Waals surface area contributed by atoms with Gasteiger partial charge in [0.15, 0.2) is 5.82 Å². The van der Waals surface area contributed by atoms with Crippen molar-refractivity contribution in [1.82, 2.24) is 25.1 Å². The fraction of sp³-hybridized carbons (Fsp3) is 0.306. The van der Waals surface area contributed by atoms with Crippen molar-refractivity contribution in [3.05, 3.63) is 192 Å². The largest absolute Gasteiger partial charge is 0.382 e. The molecule has 0 aliphatic carbocycles. The molecule has 10 rings (SSSR count). The number of anilines is 1. The number of H-pyrrole nitrogens is 2. The van der Waals surface area contributed by atoms with Crippen molar-refractivity contribution < 1.29 is 0 Å². The first-order chi connectivity index (χ1) is 32.1. The van der Waals surface area contributed by atoms with Gasteiger partial charge < -0.3 is 10.7 Å². The summed E-state index contributed by atoms with van der Waals surface area (Å²) in [4.78, 5) is 12.2. The highest BCUT2D eigenvalue weighted by molar-refractivity contribution is 5.91. The van der Waals surface area contributed by atoms with E-state index in [2.05, 4.69) is 249 Å². The number of fused-ring (bicyclic) bond motifs is 5. The van der Waals surface area contributed by atoms with Crippen LogP contribution < -0.4 is 5.73 Å². The number of aromatic amines is 2. The Hall–Kier alpha value is -6.79. The van der Waals surface area contributed by atoms with Crippen LogP contribution in [0.1, 0.15) is 136 Å². The number of imidazole rings is 1. The Bertz CT molecular complexity index is 2990. The lowest BCUT2D eigenvalue weighted by atomic mass is 9.86. The summed E-state index contributed by atoms with van der Waals surface area (Å²) in [5, 5.41) is 15.8. The number of hydrogen-bond donors (Lipinski definition) is 3. The molecule has 0 bridgehead atoms. The van der Waals surface area contributed by atoms with E-state index in [1.54, 1.807) is 0 Å². The van der Waals surface area contributed by atoms with Crippen molar-refractivity contribution in [2.45, 2.75) is 125 Å². The maximum absolute atomic E-state index is 5.70. The minimum atomic E-state index is 0.129. The number of para-hydroxylation sites is 2. The minimum absolute atomic E-state index is 0.129. The van der Waals surface area contributed by atoms with Crippen molar-refractivity contribution >= 4 is 60.1 Å². The predicted octanol–water partition coefficient (Wildman–Crippen LogP) is 17.1. The molecule has 68 heavy (non-hydrogen) atoms. The zero-order valence-electron chi connectivity index (χ0n) is 43.1. The maximum Gasteiger partial charge on any atom is 0.153 e. The molecular formula is C62H74N6. The van der Waals surface area contributed by atoms with Gasteiger partial charge in [0.25, 0.3) is 0 Å². The Morgan fingerprint density at radius 1 is 0.485 bits per heavy atom. The lowest BCUT2D eigenvalue weighted by Gasteiger charge is -2.19. The quantitative estimate of drug-likeness (QED) is 0.161. The van der Waals surface area contributed by atoms with E-state index in [0.717, 1.165) is 33.5 Å². The molecule has 0 atom stereocenters. The summed E-state index contributed by atoms with van der Waals surface area (Å²) in [5.41, 5.74) is 16.2. The van der Waals surface area contributed by atoms with Gasteiger partial charge in [-0.3, -0.25) is 10.1 Å². The van der Waals surface area contributed by atoms with E-state index in [1.165, 1.54) is 54.6 Å². The van der Waals surface area contributed by atoms with Crippen molar-refractivity contribution in [3.8, 4) is 0 Å². The number of nitrogens with one attached hydrogen (secondary N) is 2. The highest BCUT2D eigenvalue weighted by atomic mass is 15.2. The van der Waals surface area contributed by atoms with Gasteiger partial charge in [-0.1, -0.05) is 223 Å². The van der Waals surface area contributed by atoms with Crippen molar-refractivity contribution in [1.29, 1.82) is 0 Å². The highest BCUT2D eigenvalue weighted by Crippen LogP contribution is 2.29. The second-order valence-corrected chi connectivity index (χ2v) is 21.5. The lowest BCUT2D eigenvalue weighted by molar-refractivity contribution is 0.570. The first-order valence-electron chi connectivity index (χ1n) is 24.1. The average Bonchev–Trinajstić information content (AvgIpc) is 3.89. The first kappa shape index (κ1) is 50.6. The van der Waals surface area contributed by atoms with Crippen LogP contribution >= 0.6 is 0 Å². The SMILES string of the molecule is CC(C)(C)c1cc2ccccc2cn1.CC(C)(C)c1ccc2ccccc2c1.CC(C)(C)c1ccc2ccccc2c1.CC(C)c1cccc2c(N)n[nH]c12.Cc1nc2c(C(C)C)cccc2[nH]1. The van der Waals surface area contributed by atoms with Gasteiger partial charge in [0.1, 0.15) is 5.82 Å². The maximum atomic E-state index is 5.70. The number of rotatable bonds is 2. The zero-order valence-corrected chi connectivity index (χ0v) is 43.1. The van der Waals surface area contributed by atoms with E-state index in [1.807, 2.05) is 31.3 Å². The molecule has 0 amide bonds. The summed E-state index contributed by atoms with van der Waals surface area (Å²) in [5.74, 6) is 2.59. The van der Waals surface area contributed by atoms with Gasteiger partial charge in [-0.2, -0.15) is 5.10 Å². The van der Waals surface area contributed by atoms with Gasteiger partial charge in [-0.15, -0.1) is 0 Å². The summed E-state index contributed by atoms with van der Waals surface area (Å²) in [6.45, 7) is 30.7. The summed E-state index contributed by atoms with van der Waals surface area (Å²) < 4.78 is 0. The van der Waals surface area contributed by atoms with Crippen LogP contribution in [-0.4, -0.2) is 25.1 Å². The molecule has 352 valence electrons. The van der Waals surface area contributed by atoms with Crippen molar-refractivity contribution in [3.63, 3.8) is 0 Å². The first-order valence-corrected chi connectivity index (χ1v) is 24.1. The normalized spacial score (nSPS) is 11.7. The number of nitrogens with two attached hydrogens (primary N) is 1. The molecule has 0 unspecified atom stereocenters. The van der Waals surface area contributed by atoms with Gasteiger partial charge in [0.05, 0.1) is 16.6 Å². The van der Waals surface area contributed by atoms with Crippen LogP contribution in [0.25, 0.3) is 54.3 Å². The Morgan fingerprint density at radius 2 is 0.956 bits per heavy atom. The van der Waals surface area contributed by atoms with Crippen LogP contribution in [-0.2, 0) is 16.2 Å². The van der Waals surface area contributed by atoms with Gasteiger partial charge in [-0.05, 0) is 97.0 Å². The fourth-order valence-corrected chi connectivity index (χ4v) is 8.01. The smallest absolute Gasteiger partial charge is 0.153 e. The number of nitrogen functional groups attached to an aromatic ring is 1. The van der Waals surface area contributed by atoms with Crippen LogP contribution in [0.3, 0.4) is 0 Å². The minimum Gasteiger partial charge on any atom is -0.382 e. The van der Waals surface area contributed by atoms with Gasteiger partial charge >= 0.3 is 0 Å². The van der Waals surface area contributed by atoms with Crippen LogP contribution in [0, 0.1) is 6.92 Å². The Morgan fingerprint density at radius 3 is 1.46 bits per heavy atom. The van der Waals surface area contributed by atoms with Gasteiger partial charge in [-0.25, -0.2) is 4.98 Å². The number of pyridine rings is 1. The molecule has 0 aliphatic heterocycles. The molecule has 4 N–H and O–H groups in total. The summed E-state index contributed by atoms with van der Waals surface area (Å²) in [7, 11) is 0. The molecular weight excluding hydrogens is 829 g/mol. The third kappa shape index (κ3) is 13.0. The number of benzene rings is 7. The highest BCUT2D eigenvalue weighted by Gasteiger charge is 2.16. The molecule has 6 nitrogen and oxygen atoms in total. The van der Waals surface area contributed by atoms with Crippen LogP contribution in [0.15, 0.2) is 158 Å². The Labute approximate surface area is 405 Å². The number of nitrogens with zero attached hydrogens (tertiary/aromatic N) is 3. The number of aromatic nitrogens is 5. The summed E-state index contributed by atoms with van der Waals surface area (Å²) >= 11 is 0. The topological polar surface area (TPSA) is 96.3 Å². The predicted molar refractivity (Wildman–Crippen MR) is 295 cm³/mol. The van der Waals surface area contributed by atoms with Crippen molar-refractivity contribution in [2.75, 3.05) is 5.73 Å². The van der Waals surface area contributed by atoms with Crippen LogP contribution in [0.5, 0.6) is 0 Å². The number of hydrogen-bond acceptors (Lipinski definition) is 4. The van der Waals surface area contributed by atoms with E-state index in [9.17, 15) is 0 Å². The number of aryl methyl sites for hydroxylation is 1.